The van der Waals surface area contributed by atoms with Crippen molar-refractivity contribution in [1.29, 1.82) is 0 Å². The van der Waals surface area contributed by atoms with Crippen LogP contribution < -0.4 is 4.90 Å². The van der Waals surface area contributed by atoms with E-state index in [0.29, 0.717) is 0 Å². The predicted molar refractivity (Wildman–Crippen MR) is 222 cm³/mol. The zero-order valence-electron chi connectivity index (χ0n) is 28.1. The van der Waals surface area contributed by atoms with Crippen LogP contribution >= 0.6 is 0 Å². The largest absolute Gasteiger partial charge is 0.454 e. The lowest BCUT2D eigenvalue weighted by molar-refractivity contribution is 0.669. The van der Waals surface area contributed by atoms with Crippen molar-refractivity contribution in [2.75, 3.05) is 4.90 Å². The normalized spacial score (nSPS) is 12.2. The van der Waals surface area contributed by atoms with Crippen LogP contribution in [0.3, 0.4) is 0 Å². The first-order chi connectivity index (χ1) is 25.8. The average Bonchev–Trinajstić information content (AvgIpc) is 3.59. The van der Waals surface area contributed by atoms with Crippen molar-refractivity contribution in [1.82, 2.24) is 0 Å². The van der Waals surface area contributed by atoms with Crippen LogP contribution in [0.15, 0.2) is 180 Å². The number of furan rings is 1. The first-order valence-corrected chi connectivity index (χ1v) is 17.9. The Morgan fingerprint density at radius 1 is 0.308 bits per heavy atom. The molecule has 0 atom stereocenters. The van der Waals surface area contributed by atoms with E-state index in [2.05, 4.69) is 175 Å². The zero-order valence-corrected chi connectivity index (χ0v) is 28.1. The van der Waals surface area contributed by atoms with Gasteiger partial charge in [-0.2, -0.15) is 0 Å². The first kappa shape index (κ1) is 27.9. The predicted octanol–water partition coefficient (Wildman–Crippen LogP) is 14.6. The van der Waals surface area contributed by atoms with E-state index in [1.807, 2.05) is 6.07 Å². The summed E-state index contributed by atoms with van der Waals surface area (Å²) in [6, 6.07) is 64.6. The van der Waals surface area contributed by atoms with E-state index < -0.39 is 0 Å². The molecule has 0 aliphatic heterocycles. The topological polar surface area (TPSA) is 16.4 Å². The van der Waals surface area contributed by atoms with Gasteiger partial charge in [-0.15, -0.1) is 0 Å². The molecule has 0 amide bonds. The van der Waals surface area contributed by atoms with Gasteiger partial charge in [0.25, 0.3) is 0 Å². The van der Waals surface area contributed by atoms with Gasteiger partial charge in [0.2, 0.25) is 0 Å². The highest BCUT2D eigenvalue weighted by Gasteiger charge is 2.22. The second-order valence-electron chi connectivity index (χ2n) is 14.1. The number of para-hydroxylation sites is 2. The summed E-state index contributed by atoms with van der Waals surface area (Å²) in [5, 5.41) is 19.9. The molecule has 0 N–H and O–H groups in total. The molecule has 0 fully saturated rings. The third-order valence-electron chi connectivity index (χ3n) is 11.3. The van der Waals surface area contributed by atoms with Gasteiger partial charge in [-0.1, -0.05) is 140 Å². The lowest BCUT2D eigenvalue weighted by Crippen LogP contribution is -2.10. The Morgan fingerprint density at radius 3 is 1.54 bits per heavy atom. The molecule has 52 heavy (non-hydrogen) atoms. The van der Waals surface area contributed by atoms with Crippen LogP contribution in [0, 0.1) is 0 Å². The molecule has 0 unspecified atom stereocenters. The Bertz CT molecular complexity index is 3420. The molecule has 12 aromatic rings. The highest BCUT2D eigenvalue weighted by Crippen LogP contribution is 2.48. The minimum atomic E-state index is 0.876. The maximum Gasteiger partial charge on any atom is 0.159 e. The summed E-state index contributed by atoms with van der Waals surface area (Å²) >= 11 is 0. The van der Waals surface area contributed by atoms with Gasteiger partial charge in [0.05, 0.1) is 5.69 Å². The van der Waals surface area contributed by atoms with Crippen LogP contribution in [0.25, 0.3) is 97.3 Å². The van der Waals surface area contributed by atoms with Crippen LogP contribution in [0.1, 0.15) is 0 Å². The molecule has 2 nitrogen and oxygen atoms in total. The Labute approximate surface area is 298 Å². The fraction of sp³-hybridized carbons (Fsp3) is 0. The molecule has 12 rings (SSSR count). The van der Waals surface area contributed by atoms with Crippen LogP contribution in [0.4, 0.5) is 17.1 Å². The molecule has 0 aliphatic rings. The van der Waals surface area contributed by atoms with Crippen molar-refractivity contribution in [2.24, 2.45) is 0 Å². The Hall–Kier alpha value is -6.90. The Balaban J connectivity index is 1.28. The minimum Gasteiger partial charge on any atom is -0.454 e. The maximum atomic E-state index is 6.73. The molecule has 11 aromatic carbocycles. The molecule has 0 radical (unpaired) electrons. The lowest BCUT2D eigenvalue weighted by Gasteiger charge is -2.27. The van der Waals surface area contributed by atoms with Gasteiger partial charge in [0.1, 0.15) is 5.58 Å². The summed E-state index contributed by atoms with van der Waals surface area (Å²) in [4.78, 5) is 2.40. The van der Waals surface area contributed by atoms with Gasteiger partial charge in [0.15, 0.2) is 5.58 Å². The smallest absolute Gasteiger partial charge is 0.159 e. The van der Waals surface area contributed by atoms with Gasteiger partial charge in [-0.25, -0.2) is 0 Å². The molecular formula is C50H29NO. The molecule has 0 saturated heterocycles. The zero-order chi connectivity index (χ0) is 33.9. The van der Waals surface area contributed by atoms with Crippen LogP contribution in [0.2, 0.25) is 0 Å². The molecule has 0 aliphatic carbocycles. The van der Waals surface area contributed by atoms with E-state index >= 15 is 0 Å². The number of benzene rings is 10. The lowest BCUT2D eigenvalue weighted by atomic mass is 9.87. The number of hydrogen-bond acceptors (Lipinski definition) is 2. The van der Waals surface area contributed by atoms with Crippen molar-refractivity contribution in [3.8, 4) is 0 Å². The van der Waals surface area contributed by atoms with E-state index in [-0.39, 0.29) is 0 Å². The molecular weight excluding hydrogens is 631 g/mol. The summed E-state index contributed by atoms with van der Waals surface area (Å²) in [5.74, 6) is 0. The van der Waals surface area contributed by atoms with Crippen molar-refractivity contribution in [3.05, 3.63) is 176 Å². The van der Waals surface area contributed by atoms with Crippen LogP contribution in [-0.4, -0.2) is 0 Å². The first-order valence-electron chi connectivity index (χ1n) is 17.9. The third-order valence-corrected chi connectivity index (χ3v) is 11.3. The highest BCUT2D eigenvalue weighted by molar-refractivity contribution is 6.37. The van der Waals surface area contributed by atoms with Crippen molar-refractivity contribution in [3.63, 3.8) is 0 Å². The third kappa shape index (κ3) is 3.78. The summed E-state index contributed by atoms with van der Waals surface area (Å²) in [6.07, 6.45) is 0. The molecule has 0 bridgehead atoms. The van der Waals surface area contributed by atoms with Gasteiger partial charge in [-0.05, 0) is 112 Å². The summed E-state index contributed by atoms with van der Waals surface area (Å²) in [5.41, 5.74) is 4.94. The second kappa shape index (κ2) is 10.3. The molecule has 1 aromatic heterocycles. The molecule has 1 heterocycles. The van der Waals surface area contributed by atoms with E-state index in [4.69, 9.17) is 4.42 Å². The number of anilines is 3. The SMILES string of the molecule is c1ccc2cc(N(c3cc4ccc5cccc6c7cccc8ccc9cccc(c(c3)c4c56)c9c87)c3cccc4c3oc3ccccc34)ccc2c1. The Morgan fingerprint density at radius 2 is 0.808 bits per heavy atom. The quantitative estimate of drug-likeness (QED) is 0.176. The monoisotopic (exact) mass is 659 g/mol. The molecule has 2 heteroatoms. The van der Waals surface area contributed by atoms with E-state index in [0.717, 1.165) is 39.0 Å². The summed E-state index contributed by atoms with van der Waals surface area (Å²) < 4.78 is 6.73. The highest BCUT2D eigenvalue weighted by atomic mass is 16.3. The van der Waals surface area contributed by atoms with Gasteiger partial charge >= 0.3 is 0 Å². The van der Waals surface area contributed by atoms with E-state index in [1.165, 1.54) is 75.4 Å². The fourth-order valence-corrected chi connectivity index (χ4v) is 9.05. The minimum absolute atomic E-state index is 0.876. The van der Waals surface area contributed by atoms with E-state index in [9.17, 15) is 0 Å². The van der Waals surface area contributed by atoms with Crippen molar-refractivity contribution in [2.45, 2.75) is 0 Å². The summed E-state index contributed by atoms with van der Waals surface area (Å²) in [6.45, 7) is 0. The maximum absolute atomic E-state index is 6.73. The average molecular weight is 660 g/mol. The Kier molecular flexibility index (Phi) is 5.53. The van der Waals surface area contributed by atoms with Crippen molar-refractivity contribution < 1.29 is 4.42 Å². The molecule has 240 valence electrons. The van der Waals surface area contributed by atoms with E-state index in [1.54, 1.807) is 0 Å². The fourth-order valence-electron chi connectivity index (χ4n) is 9.05. The van der Waals surface area contributed by atoms with Gasteiger partial charge < -0.3 is 9.32 Å². The van der Waals surface area contributed by atoms with Gasteiger partial charge in [0, 0.05) is 22.1 Å². The number of hydrogen-bond donors (Lipinski definition) is 0. The van der Waals surface area contributed by atoms with Gasteiger partial charge in [-0.3, -0.25) is 0 Å². The number of rotatable bonds is 3. The number of nitrogens with zero attached hydrogens (tertiary/aromatic N) is 1. The summed E-state index contributed by atoms with van der Waals surface area (Å²) in [7, 11) is 0. The molecule has 0 saturated carbocycles. The number of fused-ring (bicyclic) bond motifs is 6. The second-order valence-corrected chi connectivity index (χ2v) is 14.1. The standard InChI is InChI=1S/C50H29NO/c1-2-10-34-27-36(26-25-30(34)9-1)51(44-19-8-18-42-38-14-3-4-20-45(38)52-50(42)44)37-28-35-24-23-33-12-6-16-40-39-15-5-11-31-21-22-32-13-7-17-41(48(32)46(31)39)43(29-37)49(35)47(33)40/h1-29H. The van der Waals surface area contributed by atoms with Crippen LogP contribution in [-0.2, 0) is 0 Å². The van der Waals surface area contributed by atoms with Crippen molar-refractivity contribution >= 4 is 114 Å². The molecule has 0 spiro atoms. The van der Waals surface area contributed by atoms with Crippen LogP contribution in [0.5, 0.6) is 0 Å².